The minimum atomic E-state index is -0.337. The first kappa shape index (κ1) is 17.7. The smallest absolute Gasteiger partial charge is 0.0567 e. The Kier molecular flexibility index (Phi) is 7.41. The fourth-order valence-electron chi connectivity index (χ4n) is 3.27. The summed E-state index contributed by atoms with van der Waals surface area (Å²) < 4.78 is 0. The topological polar surface area (TPSA) is 29.3 Å². The largest absolute Gasteiger partial charge is 0.320 e. The maximum absolute atomic E-state index is 6.94. The monoisotopic (exact) mass is 286 g/mol. The van der Waals surface area contributed by atoms with Crippen LogP contribution in [0, 0.1) is 0 Å². The fraction of sp³-hybridized carbons (Fsp3) is 0.474. The van der Waals surface area contributed by atoms with Gasteiger partial charge in [-0.3, -0.25) is 4.90 Å². The van der Waals surface area contributed by atoms with Crippen molar-refractivity contribution in [1.29, 1.82) is 0 Å². The van der Waals surface area contributed by atoms with E-state index in [1.807, 2.05) is 18.2 Å². The van der Waals surface area contributed by atoms with E-state index in [1.54, 1.807) is 0 Å². The van der Waals surface area contributed by atoms with Crippen LogP contribution in [0.3, 0.4) is 0 Å². The van der Waals surface area contributed by atoms with Crippen LogP contribution in [0.2, 0.25) is 0 Å². The summed E-state index contributed by atoms with van der Waals surface area (Å²) >= 11 is 0. The summed E-state index contributed by atoms with van der Waals surface area (Å²) in [5, 5.41) is 0. The zero-order valence-corrected chi connectivity index (χ0v) is 13.6. The average Bonchev–Trinajstić information content (AvgIpc) is 2.49. The summed E-state index contributed by atoms with van der Waals surface area (Å²) in [4.78, 5) is 2.38. The Morgan fingerprint density at radius 1 is 1.14 bits per heavy atom. The van der Waals surface area contributed by atoms with Crippen molar-refractivity contribution in [2.24, 2.45) is 5.73 Å². The van der Waals surface area contributed by atoms with Crippen LogP contribution < -0.4 is 5.73 Å². The fourth-order valence-corrected chi connectivity index (χ4v) is 3.27. The second-order valence-electron chi connectivity index (χ2n) is 5.61. The second-order valence-corrected chi connectivity index (χ2v) is 5.61. The molecule has 2 unspecified atom stereocenters. The van der Waals surface area contributed by atoms with Crippen LogP contribution in [0.15, 0.2) is 55.6 Å². The number of hydrogen-bond acceptors (Lipinski definition) is 2. The van der Waals surface area contributed by atoms with Crippen molar-refractivity contribution in [1.82, 2.24) is 4.90 Å². The molecule has 2 N–H and O–H groups in total. The first-order valence-corrected chi connectivity index (χ1v) is 7.94. The molecule has 0 radical (unpaired) electrons. The van der Waals surface area contributed by atoms with Crippen molar-refractivity contribution in [3.63, 3.8) is 0 Å². The first-order chi connectivity index (χ1) is 10.1. The molecule has 0 fully saturated rings. The number of nitrogens with two attached hydrogens (primary N) is 1. The third-order valence-corrected chi connectivity index (χ3v) is 4.12. The van der Waals surface area contributed by atoms with E-state index in [4.69, 9.17) is 5.73 Å². The van der Waals surface area contributed by atoms with E-state index in [9.17, 15) is 0 Å². The summed E-state index contributed by atoms with van der Waals surface area (Å²) in [7, 11) is 0. The van der Waals surface area contributed by atoms with Crippen LogP contribution in [0.4, 0.5) is 0 Å². The van der Waals surface area contributed by atoms with Gasteiger partial charge in [0.1, 0.15) is 0 Å². The molecule has 1 aromatic carbocycles. The third-order valence-electron chi connectivity index (χ3n) is 4.12. The molecule has 0 aliphatic rings. The predicted octanol–water partition coefficient (Wildman–Crippen LogP) is 4.09. The molecule has 0 bridgehead atoms. The maximum Gasteiger partial charge on any atom is 0.0567 e. The molecule has 116 valence electrons. The van der Waals surface area contributed by atoms with Gasteiger partial charge in [-0.05, 0) is 18.4 Å². The lowest BCUT2D eigenvalue weighted by Crippen LogP contribution is -2.56. The highest BCUT2D eigenvalue weighted by molar-refractivity contribution is 5.26. The standard InChI is InChI=1S/C19H30N2/c1-5-14-19(20,17-12-10-9-11-13-17)18(8-4)21(15-6-2)16-7-3/h6-7,9-13,18H,2-3,5,8,14-16,20H2,1,4H3. The van der Waals surface area contributed by atoms with Crippen molar-refractivity contribution in [2.45, 2.75) is 44.7 Å². The number of rotatable bonds is 10. The zero-order chi connectivity index (χ0) is 15.7. The summed E-state index contributed by atoms with van der Waals surface area (Å²) in [6, 6.07) is 10.8. The Hall–Kier alpha value is -1.38. The Morgan fingerprint density at radius 3 is 2.14 bits per heavy atom. The SMILES string of the molecule is C=CCN(CC=C)C(CC)C(N)(CCC)c1ccccc1. The van der Waals surface area contributed by atoms with E-state index in [-0.39, 0.29) is 11.6 Å². The molecule has 0 heterocycles. The van der Waals surface area contributed by atoms with Gasteiger partial charge < -0.3 is 5.73 Å². The molecule has 0 amide bonds. The Labute approximate surface area is 130 Å². The van der Waals surface area contributed by atoms with Gasteiger partial charge in [0.2, 0.25) is 0 Å². The molecule has 0 aliphatic carbocycles. The van der Waals surface area contributed by atoms with Gasteiger partial charge in [-0.15, -0.1) is 13.2 Å². The summed E-state index contributed by atoms with van der Waals surface area (Å²) in [5.74, 6) is 0. The zero-order valence-electron chi connectivity index (χ0n) is 13.6. The van der Waals surface area contributed by atoms with Gasteiger partial charge in [-0.2, -0.15) is 0 Å². The van der Waals surface area contributed by atoms with Gasteiger partial charge in [-0.25, -0.2) is 0 Å². The van der Waals surface area contributed by atoms with E-state index in [1.165, 1.54) is 5.56 Å². The molecule has 2 heteroatoms. The Bertz CT molecular complexity index is 416. The van der Waals surface area contributed by atoms with Crippen LogP contribution >= 0.6 is 0 Å². The summed E-state index contributed by atoms with van der Waals surface area (Å²) in [5.41, 5.74) is 7.82. The molecule has 0 saturated heterocycles. The number of benzene rings is 1. The third kappa shape index (κ3) is 4.29. The van der Waals surface area contributed by atoms with Gasteiger partial charge in [-0.1, -0.05) is 62.8 Å². The molecule has 21 heavy (non-hydrogen) atoms. The number of nitrogens with zero attached hydrogens (tertiary/aromatic N) is 1. The summed E-state index contributed by atoms with van der Waals surface area (Å²) in [6.45, 7) is 13.8. The summed E-state index contributed by atoms with van der Waals surface area (Å²) in [6.07, 6.45) is 6.94. The molecule has 2 atom stereocenters. The maximum atomic E-state index is 6.94. The minimum Gasteiger partial charge on any atom is -0.320 e. The van der Waals surface area contributed by atoms with E-state index >= 15 is 0 Å². The van der Waals surface area contributed by atoms with Crippen LogP contribution in [0.25, 0.3) is 0 Å². The molecule has 0 spiro atoms. The lowest BCUT2D eigenvalue weighted by Gasteiger charge is -2.44. The quantitative estimate of drug-likeness (QED) is 0.656. The van der Waals surface area contributed by atoms with Gasteiger partial charge >= 0.3 is 0 Å². The van der Waals surface area contributed by atoms with E-state index in [0.29, 0.717) is 0 Å². The molecular formula is C19H30N2. The van der Waals surface area contributed by atoms with Crippen molar-refractivity contribution in [2.75, 3.05) is 13.1 Å². The lowest BCUT2D eigenvalue weighted by atomic mass is 9.78. The van der Waals surface area contributed by atoms with E-state index < -0.39 is 0 Å². The van der Waals surface area contributed by atoms with Crippen molar-refractivity contribution in [3.8, 4) is 0 Å². The van der Waals surface area contributed by atoms with Crippen LogP contribution in [-0.4, -0.2) is 24.0 Å². The van der Waals surface area contributed by atoms with Crippen LogP contribution in [0.5, 0.6) is 0 Å². The van der Waals surface area contributed by atoms with Gasteiger partial charge in [0, 0.05) is 19.1 Å². The molecule has 0 aliphatic heterocycles. The normalized spacial score (nSPS) is 15.4. The van der Waals surface area contributed by atoms with Gasteiger partial charge in [0.25, 0.3) is 0 Å². The molecule has 2 nitrogen and oxygen atoms in total. The Balaban J connectivity index is 3.20. The predicted molar refractivity (Wildman–Crippen MR) is 93.3 cm³/mol. The van der Waals surface area contributed by atoms with Gasteiger partial charge in [0.05, 0.1) is 5.54 Å². The highest BCUT2D eigenvalue weighted by Gasteiger charge is 2.37. The van der Waals surface area contributed by atoms with Gasteiger partial charge in [0.15, 0.2) is 0 Å². The van der Waals surface area contributed by atoms with Crippen LogP contribution in [0.1, 0.15) is 38.7 Å². The highest BCUT2D eigenvalue weighted by atomic mass is 15.2. The molecule has 1 aromatic rings. The molecule has 1 rings (SSSR count). The van der Waals surface area contributed by atoms with Crippen molar-refractivity contribution in [3.05, 3.63) is 61.2 Å². The molecule has 0 aromatic heterocycles. The second kappa shape index (κ2) is 8.81. The van der Waals surface area contributed by atoms with E-state index in [0.717, 1.165) is 32.4 Å². The number of hydrogen-bond donors (Lipinski definition) is 1. The van der Waals surface area contributed by atoms with Crippen molar-refractivity contribution < 1.29 is 0 Å². The van der Waals surface area contributed by atoms with Crippen LogP contribution in [-0.2, 0) is 5.54 Å². The highest BCUT2D eigenvalue weighted by Crippen LogP contribution is 2.32. The molecule has 0 saturated carbocycles. The van der Waals surface area contributed by atoms with E-state index in [2.05, 4.69) is 56.2 Å². The molecular weight excluding hydrogens is 256 g/mol. The Morgan fingerprint density at radius 2 is 1.71 bits per heavy atom. The lowest BCUT2D eigenvalue weighted by molar-refractivity contribution is 0.130. The van der Waals surface area contributed by atoms with Crippen molar-refractivity contribution >= 4 is 0 Å². The average molecular weight is 286 g/mol. The first-order valence-electron chi connectivity index (χ1n) is 7.94. The minimum absolute atomic E-state index is 0.274.